The molecule has 1 heterocycles. The minimum absolute atomic E-state index is 0.284. The van der Waals surface area contributed by atoms with Crippen LogP contribution in [0.4, 0.5) is 15.8 Å². The van der Waals surface area contributed by atoms with E-state index in [1.807, 2.05) is 4.90 Å². The van der Waals surface area contributed by atoms with Gasteiger partial charge in [0, 0.05) is 38.3 Å². The molecule has 0 atom stereocenters. The molecule has 94 valence electrons. The van der Waals surface area contributed by atoms with Gasteiger partial charge in [-0.3, -0.25) is 0 Å². The molecule has 0 aromatic heterocycles. The van der Waals surface area contributed by atoms with Gasteiger partial charge >= 0.3 is 0 Å². The van der Waals surface area contributed by atoms with Gasteiger partial charge in [-0.15, -0.1) is 0 Å². The summed E-state index contributed by atoms with van der Waals surface area (Å²) in [6, 6.07) is 3.00. The average molecular weight is 239 g/mol. The summed E-state index contributed by atoms with van der Waals surface area (Å²) in [7, 11) is 3.61. The van der Waals surface area contributed by atoms with Crippen LogP contribution in [0.25, 0.3) is 0 Å². The molecule has 1 aliphatic heterocycles. The number of hydrogen-bond acceptors (Lipinski definition) is 4. The van der Waals surface area contributed by atoms with Crippen LogP contribution in [0.3, 0.4) is 0 Å². The molecule has 0 unspecified atom stereocenters. The highest BCUT2D eigenvalue weighted by Crippen LogP contribution is 2.31. The van der Waals surface area contributed by atoms with Crippen LogP contribution in [0.5, 0.6) is 5.75 Å². The highest BCUT2D eigenvalue weighted by molar-refractivity contribution is 5.63. The van der Waals surface area contributed by atoms with E-state index < -0.39 is 0 Å². The minimum Gasteiger partial charge on any atom is -0.495 e. The first-order valence-corrected chi connectivity index (χ1v) is 5.68. The van der Waals surface area contributed by atoms with Crippen molar-refractivity contribution in [2.24, 2.45) is 0 Å². The van der Waals surface area contributed by atoms with Crippen molar-refractivity contribution in [3.05, 3.63) is 17.9 Å². The maximum Gasteiger partial charge on any atom is 0.148 e. The van der Waals surface area contributed by atoms with Crippen molar-refractivity contribution in [2.75, 3.05) is 51.0 Å². The second-order valence-corrected chi connectivity index (χ2v) is 4.34. The Morgan fingerprint density at radius 3 is 2.47 bits per heavy atom. The van der Waals surface area contributed by atoms with Crippen LogP contribution < -0.4 is 15.4 Å². The quantitative estimate of drug-likeness (QED) is 0.787. The van der Waals surface area contributed by atoms with Crippen LogP contribution in [0, 0.1) is 5.82 Å². The standard InChI is InChI=1S/C12H18FN3O/c1-15-3-5-16(6-4-15)11-8-12(17-2)10(14)7-9(11)13/h7-8H,3-6,14H2,1-2H3. The SMILES string of the molecule is COc1cc(N2CCN(C)CC2)c(F)cc1N. The third-order valence-electron chi connectivity index (χ3n) is 3.14. The number of rotatable bonds is 2. The first-order valence-electron chi connectivity index (χ1n) is 5.68. The fourth-order valence-electron chi connectivity index (χ4n) is 2.02. The molecule has 17 heavy (non-hydrogen) atoms. The van der Waals surface area contributed by atoms with Gasteiger partial charge in [0.15, 0.2) is 0 Å². The van der Waals surface area contributed by atoms with Crippen molar-refractivity contribution >= 4 is 11.4 Å². The molecule has 0 amide bonds. The van der Waals surface area contributed by atoms with Crippen LogP contribution in [-0.4, -0.2) is 45.2 Å². The zero-order valence-corrected chi connectivity index (χ0v) is 10.2. The molecule has 0 bridgehead atoms. The van der Waals surface area contributed by atoms with E-state index in [0.29, 0.717) is 17.1 Å². The average Bonchev–Trinajstić information content (AvgIpc) is 2.31. The van der Waals surface area contributed by atoms with Gasteiger partial charge in [-0.2, -0.15) is 0 Å². The van der Waals surface area contributed by atoms with Gasteiger partial charge in [-0.05, 0) is 7.05 Å². The molecule has 1 aromatic carbocycles. The van der Waals surface area contributed by atoms with Crippen molar-refractivity contribution in [3.8, 4) is 5.75 Å². The Morgan fingerprint density at radius 2 is 1.88 bits per heavy atom. The van der Waals surface area contributed by atoms with E-state index in [1.165, 1.54) is 13.2 Å². The second-order valence-electron chi connectivity index (χ2n) is 4.34. The number of nitrogens with two attached hydrogens (primary N) is 1. The maximum absolute atomic E-state index is 13.9. The number of piperazine rings is 1. The summed E-state index contributed by atoms with van der Waals surface area (Å²) in [6.45, 7) is 3.51. The summed E-state index contributed by atoms with van der Waals surface area (Å²) in [5, 5.41) is 0. The van der Waals surface area contributed by atoms with E-state index in [1.54, 1.807) is 6.07 Å². The Hall–Kier alpha value is -1.49. The number of anilines is 2. The topological polar surface area (TPSA) is 41.7 Å². The van der Waals surface area contributed by atoms with E-state index >= 15 is 0 Å². The fourth-order valence-corrected chi connectivity index (χ4v) is 2.02. The van der Waals surface area contributed by atoms with Gasteiger partial charge in [0.05, 0.1) is 18.5 Å². The molecule has 1 aromatic rings. The van der Waals surface area contributed by atoms with Crippen molar-refractivity contribution in [1.29, 1.82) is 0 Å². The number of ether oxygens (including phenoxy) is 1. The summed E-state index contributed by atoms with van der Waals surface area (Å²) in [4.78, 5) is 4.25. The van der Waals surface area contributed by atoms with Gasteiger partial charge in [0.25, 0.3) is 0 Å². The summed E-state index contributed by atoms with van der Waals surface area (Å²) in [5.74, 6) is 0.244. The van der Waals surface area contributed by atoms with E-state index in [4.69, 9.17) is 10.5 Å². The number of likely N-dealkylation sites (N-methyl/N-ethyl adjacent to an activating group) is 1. The Balaban J connectivity index is 2.25. The van der Waals surface area contributed by atoms with Gasteiger partial charge < -0.3 is 20.3 Å². The van der Waals surface area contributed by atoms with E-state index in [9.17, 15) is 4.39 Å². The second kappa shape index (κ2) is 4.79. The number of halogens is 1. The van der Waals surface area contributed by atoms with Crippen LogP contribution in [0.1, 0.15) is 0 Å². The predicted octanol–water partition coefficient (Wildman–Crippen LogP) is 1.17. The molecule has 5 heteroatoms. The summed E-state index contributed by atoms with van der Waals surface area (Å²) >= 11 is 0. The van der Waals surface area contributed by atoms with Crippen LogP contribution in [0.15, 0.2) is 12.1 Å². The largest absolute Gasteiger partial charge is 0.495 e. The van der Waals surface area contributed by atoms with Gasteiger partial charge in [0.1, 0.15) is 11.6 Å². The van der Waals surface area contributed by atoms with E-state index in [0.717, 1.165) is 26.2 Å². The van der Waals surface area contributed by atoms with E-state index in [-0.39, 0.29) is 5.82 Å². The third kappa shape index (κ3) is 2.44. The van der Waals surface area contributed by atoms with Crippen molar-refractivity contribution < 1.29 is 9.13 Å². The number of nitrogen functional groups attached to an aromatic ring is 1. The summed E-state index contributed by atoms with van der Waals surface area (Å²) in [5.41, 5.74) is 6.57. The predicted molar refractivity (Wildman–Crippen MR) is 67.1 cm³/mol. The Bertz CT molecular complexity index is 403. The monoisotopic (exact) mass is 239 g/mol. The number of nitrogens with zero attached hydrogens (tertiary/aromatic N) is 2. The Labute approximate surface area is 101 Å². The molecule has 1 aliphatic rings. The van der Waals surface area contributed by atoms with Gasteiger partial charge in [0.2, 0.25) is 0 Å². The fraction of sp³-hybridized carbons (Fsp3) is 0.500. The van der Waals surface area contributed by atoms with Crippen LogP contribution >= 0.6 is 0 Å². The first kappa shape index (κ1) is 12.0. The molecular weight excluding hydrogens is 221 g/mol. The summed E-state index contributed by atoms with van der Waals surface area (Å²) in [6.07, 6.45) is 0. The number of benzene rings is 1. The van der Waals surface area contributed by atoms with Crippen LogP contribution in [0.2, 0.25) is 0 Å². The first-order chi connectivity index (χ1) is 8.11. The molecule has 4 nitrogen and oxygen atoms in total. The zero-order valence-electron chi connectivity index (χ0n) is 10.2. The lowest BCUT2D eigenvalue weighted by Gasteiger charge is -2.34. The molecule has 0 aliphatic carbocycles. The highest BCUT2D eigenvalue weighted by atomic mass is 19.1. The maximum atomic E-state index is 13.9. The van der Waals surface area contributed by atoms with E-state index in [2.05, 4.69) is 11.9 Å². The van der Waals surface area contributed by atoms with Crippen molar-refractivity contribution in [1.82, 2.24) is 4.90 Å². The molecule has 1 fully saturated rings. The smallest absolute Gasteiger partial charge is 0.148 e. The molecule has 0 saturated carbocycles. The van der Waals surface area contributed by atoms with Gasteiger partial charge in [-0.1, -0.05) is 0 Å². The molecule has 0 radical (unpaired) electrons. The molecule has 0 spiro atoms. The van der Waals surface area contributed by atoms with Crippen molar-refractivity contribution in [3.63, 3.8) is 0 Å². The molecule has 2 rings (SSSR count). The molecule has 2 N–H and O–H groups in total. The highest BCUT2D eigenvalue weighted by Gasteiger charge is 2.19. The lowest BCUT2D eigenvalue weighted by Crippen LogP contribution is -2.44. The Morgan fingerprint density at radius 1 is 1.24 bits per heavy atom. The lowest BCUT2D eigenvalue weighted by atomic mass is 10.2. The lowest BCUT2D eigenvalue weighted by molar-refractivity contribution is 0.311. The molecular formula is C12H18FN3O. The normalized spacial score (nSPS) is 17.2. The minimum atomic E-state index is -0.284. The number of hydrogen-bond donors (Lipinski definition) is 1. The molecule has 1 saturated heterocycles. The Kier molecular flexibility index (Phi) is 3.38. The van der Waals surface area contributed by atoms with Crippen LogP contribution in [-0.2, 0) is 0 Å². The third-order valence-corrected chi connectivity index (χ3v) is 3.14. The zero-order chi connectivity index (χ0) is 12.4. The summed E-state index contributed by atoms with van der Waals surface area (Å²) < 4.78 is 19.0. The van der Waals surface area contributed by atoms with Gasteiger partial charge in [-0.25, -0.2) is 4.39 Å². The number of methoxy groups -OCH3 is 1. The van der Waals surface area contributed by atoms with Crippen molar-refractivity contribution in [2.45, 2.75) is 0 Å².